The number of thioether (sulfide) groups is 1. The smallest absolute Gasteiger partial charge is 0.262 e. The Kier molecular flexibility index (Phi) is 5.96. The van der Waals surface area contributed by atoms with E-state index in [1.807, 2.05) is 18.2 Å². The lowest BCUT2D eigenvalue weighted by Crippen LogP contribution is -2.24. The van der Waals surface area contributed by atoms with E-state index in [0.29, 0.717) is 28.4 Å². The lowest BCUT2D eigenvalue weighted by molar-refractivity contribution is 0.590. The molecule has 3 aromatic carbocycles. The fourth-order valence-electron chi connectivity index (χ4n) is 3.42. The Balaban J connectivity index is 1.67. The Morgan fingerprint density at radius 1 is 0.903 bits per heavy atom. The molecule has 0 bridgehead atoms. The summed E-state index contributed by atoms with van der Waals surface area (Å²) in [5.41, 5.74) is 4.04. The predicted molar refractivity (Wildman–Crippen MR) is 126 cm³/mol. The molecule has 0 spiro atoms. The van der Waals surface area contributed by atoms with Crippen LogP contribution in [0.4, 0.5) is 4.39 Å². The van der Waals surface area contributed by atoms with E-state index in [9.17, 15) is 9.18 Å². The van der Waals surface area contributed by atoms with Crippen molar-refractivity contribution in [3.8, 4) is 0 Å². The third-order valence-electron chi connectivity index (χ3n) is 5.27. The number of para-hydroxylation sites is 1. The molecule has 0 amide bonds. The van der Waals surface area contributed by atoms with Crippen LogP contribution >= 0.6 is 11.8 Å². The first-order valence-corrected chi connectivity index (χ1v) is 11.3. The SMILES string of the molecule is CC(C)(C)c1ccc(CSc2nc3ccccc3c(=O)n2Cc2ccc(F)cc2)cc1. The highest BCUT2D eigenvalue weighted by molar-refractivity contribution is 7.98. The summed E-state index contributed by atoms with van der Waals surface area (Å²) in [6, 6.07) is 22.2. The van der Waals surface area contributed by atoms with Gasteiger partial charge in [-0.05, 0) is 46.4 Å². The Morgan fingerprint density at radius 3 is 2.23 bits per heavy atom. The second-order valence-electron chi connectivity index (χ2n) is 8.66. The molecule has 4 aromatic rings. The van der Waals surface area contributed by atoms with Gasteiger partial charge in [-0.15, -0.1) is 0 Å². The molecular weight excluding hydrogens is 407 g/mol. The summed E-state index contributed by atoms with van der Waals surface area (Å²) in [5.74, 6) is 0.416. The van der Waals surface area contributed by atoms with E-state index in [-0.39, 0.29) is 16.8 Å². The van der Waals surface area contributed by atoms with E-state index in [1.165, 1.54) is 23.3 Å². The molecule has 4 rings (SSSR count). The average Bonchev–Trinajstić information content (AvgIpc) is 2.75. The van der Waals surface area contributed by atoms with Crippen molar-refractivity contribution in [2.45, 2.75) is 43.6 Å². The van der Waals surface area contributed by atoms with Crippen molar-refractivity contribution < 1.29 is 4.39 Å². The molecule has 0 atom stereocenters. The number of hydrogen-bond donors (Lipinski definition) is 0. The maximum Gasteiger partial charge on any atom is 0.262 e. The normalized spacial score (nSPS) is 11.7. The first-order chi connectivity index (χ1) is 14.8. The minimum Gasteiger partial charge on any atom is -0.283 e. The monoisotopic (exact) mass is 432 g/mol. The molecule has 0 radical (unpaired) electrons. The zero-order valence-corrected chi connectivity index (χ0v) is 18.7. The first kappa shape index (κ1) is 21.3. The van der Waals surface area contributed by atoms with Crippen LogP contribution in [-0.4, -0.2) is 9.55 Å². The molecule has 0 aliphatic rings. The number of rotatable bonds is 5. The summed E-state index contributed by atoms with van der Waals surface area (Å²) in [5, 5.41) is 1.25. The average molecular weight is 433 g/mol. The van der Waals surface area contributed by atoms with Gasteiger partial charge in [0.2, 0.25) is 0 Å². The van der Waals surface area contributed by atoms with Crippen molar-refractivity contribution in [2.24, 2.45) is 0 Å². The van der Waals surface area contributed by atoms with Gasteiger partial charge in [0.25, 0.3) is 5.56 Å². The lowest BCUT2D eigenvalue weighted by atomic mass is 9.87. The van der Waals surface area contributed by atoms with Crippen LogP contribution in [0, 0.1) is 5.82 Å². The van der Waals surface area contributed by atoms with Gasteiger partial charge in [0.1, 0.15) is 5.82 Å². The highest BCUT2D eigenvalue weighted by atomic mass is 32.2. The van der Waals surface area contributed by atoms with E-state index in [1.54, 1.807) is 34.5 Å². The molecule has 0 fully saturated rings. The highest BCUT2D eigenvalue weighted by Gasteiger charge is 2.14. The quantitative estimate of drug-likeness (QED) is 0.279. The maximum atomic E-state index is 13.3. The summed E-state index contributed by atoms with van der Waals surface area (Å²) < 4.78 is 15.0. The summed E-state index contributed by atoms with van der Waals surface area (Å²) in [4.78, 5) is 18.0. The van der Waals surface area contributed by atoms with Gasteiger partial charge in [0.05, 0.1) is 17.4 Å². The van der Waals surface area contributed by atoms with Gasteiger partial charge in [0.15, 0.2) is 5.16 Å². The maximum absolute atomic E-state index is 13.3. The lowest BCUT2D eigenvalue weighted by Gasteiger charge is -2.19. The van der Waals surface area contributed by atoms with Crippen LogP contribution in [-0.2, 0) is 17.7 Å². The van der Waals surface area contributed by atoms with Crippen molar-refractivity contribution in [3.63, 3.8) is 0 Å². The molecule has 158 valence electrons. The third kappa shape index (κ3) is 4.88. The second kappa shape index (κ2) is 8.67. The van der Waals surface area contributed by atoms with Crippen LogP contribution in [0.5, 0.6) is 0 Å². The Hall–Kier alpha value is -2.92. The highest BCUT2D eigenvalue weighted by Crippen LogP contribution is 2.26. The molecule has 0 N–H and O–H groups in total. The number of fused-ring (bicyclic) bond motifs is 1. The molecule has 3 nitrogen and oxygen atoms in total. The largest absolute Gasteiger partial charge is 0.283 e. The van der Waals surface area contributed by atoms with E-state index in [0.717, 1.165) is 5.56 Å². The van der Waals surface area contributed by atoms with Gasteiger partial charge in [-0.3, -0.25) is 9.36 Å². The molecule has 0 saturated carbocycles. The van der Waals surface area contributed by atoms with Gasteiger partial charge in [-0.1, -0.05) is 81.1 Å². The van der Waals surface area contributed by atoms with Gasteiger partial charge in [-0.25, -0.2) is 9.37 Å². The molecule has 0 unspecified atom stereocenters. The number of aromatic nitrogens is 2. The minimum absolute atomic E-state index is 0.0829. The van der Waals surface area contributed by atoms with Crippen LogP contribution in [0.3, 0.4) is 0 Å². The standard InChI is InChI=1S/C26H25FN2OS/c1-26(2,3)20-12-8-19(9-13-20)17-31-25-28-23-7-5-4-6-22(23)24(30)29(25)16-18-10-14-21(27)15-11-18/h4-15H,16-17H2,1-3H3. The van der Waals surface area contributed by atoms with Crippen molar-refractivity contribution in [3.05, 3.63) is 106 Å². The van der Waals surface area contributed by atoms with Crippen molar-refractivity contribution in [1.82, 2.24) is 9.55 Å². The Labute approximate surface area is 186 Å². The Morgan fingerprint density at radius 2 is 1.55 bits per heavy atom. The Bertz CT molecular complexity index is 1260. The summed E-state index contributed by atoms with van der Waals surface area (Å²) >= 11 is 1.54. The van der Waals surface area contributed by atoms with Crippen molar-refractivity contribution in [1.29, 1.82) is 0 Å². The van der Waals surface area contributed by atoms with Crippen LogP contribution in [0.2, 0.25) is 0 Å². The second-order valence-corrected chi connectivity index (χ2v) is 9.61. The fraction of sp³-hybridized carbons (Fsp3) is 0.231. The fourth-order valence-corrected chi connectivity index (χ4v) is 4.37. The van der Waals surface area contributed by atoms with Crippen LogP contribution < -0.4 is 5.56 Å². The van der Waals surface area contributed by atoms with E-state index < -0.39 is 0 Å². The summed E-state index contributed by atoms with van der Waals surface area (Å²) in [6.45, 7) is 6.94. The molecule has 0 aliphatic carbocycles. The molecule has 1 aromatic heterocycles. The third-order valence-corrected chi connectivity index (χ3v) is 6.32. The zero-order chi connectivity index (χ0) is 22.0. The molecule has 0 aliphatic heterocycles. The first-order valence-electron chi connectivity index (χ1n) is 10.3. The molecule has 1 heterocycles. The van der Waals surface area contributed by atoms with Gasteiger partial charge >= 0.3 is 0 Å². The van der Waals surface area contributed by atoms with Crippen molar-refractivity contribution in [2.75, 3.05) is 0 Å². The number of halogens is 1. The van der Waals surface area contributed by atoms with E-state index in [4.69, 9.17) is 4.98 Å². The summed E-state index contributed by atoms with van der Waals surface area (Å²) in [6.07, 6.45) is 0. The van der Waals surface area contributed by atoms with Gasteiger partial charge in [-0.2, -0.15) is 0 Å². The van der Waals surface area contributed by atoms with Crippen LogP contribution in [0.15, 0.2) is 82.7 Å². The molecule has 0 saturated heterocycles. The van der Waals surface area contributed by atoms with Gasteiger partial charge < -0.3 is 0 Å². The topological polar surface area (TPSA) is 34.9 Å². The number of hydrogen-bond acceptors (Lipinski definition) is 3. The minimum atomic E-state index is -0.291. The molecular formula is C26H25FN2OS. The molecule has 31 heavy (non-hydrogen) atoms. The van der Waals surface area contributed by atoms with Crippen LogP contribution in [0.25, 0.3) is 10.9 Å². The summed E-state index contributed by atoms with van der Waals surface area (Å²) in [7, 11) is 0. The van der Waals surface area contributed by atoms with Gasteiger partial charge in [0, 0.05) is 5.75 Å². The predicted octanol–water partition coefficient (Wildman–Crippen LogP) is 6.17. The van der Waals surface area contributed by atoms with E-state index in [2.05, 4.69) is 45.0 Å². The van der Waals surface area contributed by atoms with E-state index >= 15 is 0 Å². The molecule has 5 heteroatoms. The van der Waals surface area contributed by atoms with Crippen LogP contribution in [0.1, 0.15) is 37.5 Å². The zero-order valence-electron chi connectivity index (χ0n) is 17.9. The number of benzene rings is 3. The number of nitrogens with zero attached hydrogens (tertiary/aromatic N) is 2. The van der Waals surface area contributed by atoms with Crippen molar-refractivity contribution >= 4 is 22.7 Å².